The third-order valence-corrected chi connectivity index (χ3v) is 4.20. The fourth-order valence-corrected chi connectivity index (χ4v) is 2.87. The number of benzene rings is 2. The molecule has 2 aromatic carbocycles. The molecule has 0 spiro atoms. The van der Waals surface area contributed by atoms with Crippen molar-refractivity contribution in [2.75, 3.05) is 0 Å². The van der Waals surface area contributed by atoms with Crippen molar-refractivity contribution in [3.63, 3.8) is 0 Å². The Bertz CT molecular complexity index is 936. The minimum Gasteiger partial charge on any atom is -0.427 e. The largest absolute Gasteiger partial charge is 0.427 e. The molecule has 0 fully saturated rings. The maximum absolute atomic E-state index is 12.1. The second-order valence-corrected chi connectivity index (χ2v) is 6.78. The molecular weight excluding hydrogens is 457 g/mol. The summed E-state index contributed by atoms with van der Waals surface area (Å²) in [6, 6.07) is 12.1. The molecule has 126 valence electrons. The molecule has 0 saturated heterocycles. The molecule has 0 radical (unpaired) electrons. The molecule has 5 nitrogen and oxygen atoms in total. The molecule has 0 atom stereocenters. The van der Waals surface area contributed by atoms with E-state index in [-0.39, 0.29) is 11.6 Å². The summed E-state index contributed by atoms with van der Waals surface area (Å²) in [7, 11) is 0. The molecule has 7 heteroatoms. The van der Waals surface area contributed by atoms with Crippen molar-refractivity contribution in [2.45, 2.75) is 6.92 Å². The zero-order chi connectivity index (χ0) is 18.0. The number of nitrogens with zero attached hydrogens (tertiary/aromatic N) is 1. The Hall–Kier alpha value is -2.19. The Labute approximate surface area is 162 Å². The highest BCUT2D eigenvalue weighted by atomic mass is 127. The molecule has 2 aromatic rings. The first-order chi connectivity index (χ1) is 11.9. The number of hydrogen-bond acceptors (Lipinski definition) is 5. The number of cyclic esters (lactones) is 1. The van der Waals surface area contributed by atoms with Crippen LogP contribution < -0.4 is 4.74 Å². The van der Waals surface area contributed by atoms with Gasteiger partial charge in [-0.1, -0.05) is 23.7 Å². The molecule has 0 bridgehead atoms. The second kappa shape index (κ2) is 7.37. The number of carbonyl (C=O) groups excluding carboxylic acids is 2. The van der Waals surface area contributed by atoms with Gasteiger partial charge in [0, 0.05) is 10.5 Å². The fourth-order valence-electron chi connectivity index (χ4n) is 2.18. The first-order valence-corrected chi connectivity index (χ1v) is 8.64. The third-order valence-electron chi connectivity index (χ3n) is 3.20. The average Bonchev–Trinajstić information content (AvgIpc) is 2.90. The first kappa shape index (κ1) is 17.6. The van der Waals surface area contributed by atoms with E-state index in [1.54, 1.807) is 42.5 Å². The Morgan fingerprint density at radius 3 is 2.84 bits per heavy atom. The van der Waals surface area contributed by atoms with Crippen LogP contribution >= 0.6 is 34.2 Å². The van der Waals surface area contributed by atoms with E-state index < -0.39 is 11.9 Å². The smallest absolute Gasteiger partial charge is 0.363 e. The number of hydrogen-bond donors (Lipinski definition) is 0. The van der Waals surface area contributed by atoms with Crippen molar-refractivity contribution in [2.24, 2.45) is 4.99 Å². The lowest BCUT2D eigenvalue weighted by Crippen LogP contribution is -2.06. The summed E-state index contributed by atoms with van der Waals surface area (Å²) in [4.78, 5) is 27.4. The maximum Gasteiger partial charge on any atom is 0.363 e. The highest BCUT2D eigenvalue weighted by Gasteiger charge is 2.25. The molecule has 0 unspecified atom stereocenters. The lowest BCUT2D eigenvalue weighted by Gasteiger charge is -2.02. The molecular formula is C18H11ClINO4. The zero-order valence-electron chi connectivity index (χ0n) is 13.0. The van der Waals surface area contributed by atoms with Crippen molar-refractivity contribution < 1.29 is 19.1 Å². The average molecular weight is 468 g/mol. The Kier molecular flexibility index (Phi) is 5.19. The van der Waals surface area contributed by atoms with E-state index in [0.717, 1.165) is 3.57 Å². The van der Waals surface area contributed by atoms with Crippen molar-refractivity contribution in [3.8, 4) is 5.75 Å². The van der Waals surface area contributed by atoms with Crippen molar-refractivity contribution in [1.82, 2.24) is 0 Å². The number of halogens is 2. The summed E-state index contributed by atoms with van der Waals surface area (Å²) in [6.07, 6.45) is 1.56. The molecule has 0 aromatic heterocycles. The molecule has 1 heterocycles. The van der Waals surface area contributed by atoms with Crippen LogP contribution in [0.1, 0.15) is 18.1 Å². The van der Waals surface area contributed by atoms with E-state index in [0.29, 0.717) is 21.9 Å². The van der Waals surface area contributed by atoms with Gasteiger partial charge in [-0.05, 0) is 64.6 Å². The predicted octanol–water partition coefficient (Wildman–Crippen LogP) is 4.21. The summed E-state index contributed by atoms with van der Waals surface area (Å²) >= 11 is 8.30. The molecule has 1 aliphatic heterocycles. The maximum atomic E-state index is 12.1. The summed E-state index contributed by atoms with van der Waals surface area (Å²) in [5.74, 6) is -0.435. The number of esters is 2. The van der Waals surface area contributed by atoms with Crippen LogP contribution in [0.3, 0.4) is 0 Å². The van der Waals surface area contributed by atoms with E-state index in [9.17, 15) is 9.59 Å². The van der Waals surface area contributed by atoms with E-state index in [4.69, 9.17) is 21.1 Å². The summed E-state index contributed by atoms with van der Waals surface area (Å²) in [6.45, 7) is 1.32. The SMILES string of the molecule is CC(=O)Oc1cccc(/C=C2/N=C(c3cc(I)ccc3Cl)OC2=O)c1. The van der Waals surface area contributed by atoms with Crippen LogP contribution in [0.15, 0.2) is 53.2 Å². The third kappa shape index (κ3) is 4.26. The normalized spacial score (nSPS) is 15.1. The molecule has 0 N–H and O–H groups in total. The minimum atomic E-state index is -0.567. The monoisotopic (exact) mass is 467 g/mol. The van der Waals surface area contributed by atoms with Gasteiger partial charge >= 0.3 is 11.9 Å². The van der Waals surface area contributed by atoms with Gasteiger partial charge in [0.25, 0.3) is 0 Å². The molecule has 25 heavy (non-hydrogen) atoms. The lowest BCUT2D eigenvalue weighted by molar-refractivity contribution is -0.132. The van der Waals surface area contributed by atoms with Crippen molar-refractivity contribution in [3.05, 3.63) is 67.9 Å². The molecule has 0 aliphatic carbocycles. The van der Waals surface area contributed by atoms with Gasteiger partial charge < -0.3 is 9.47 Å². The molecule has 3 rings (SSSR count). The molecule has 0 amide bonds. The van der Waals surface area contributed by atoms with Gasteiger partial charge in [-0.15, -0.1) is 0 Å². The standard InChI is InChI=1S/C18H11ClINO4/c1-10(22)24-13-4-2-3-11(7-13)8-16-18(23)25-17(21-16)14-9-12(20)5-6-15(14)19/h2-9H,1H3/b16-8+. The van der Waals surface area contributed by atoms with Crippen LogP contribution in [0.5, 0.6) is 5.75 Å². The van der Waals surface area contributed by atoms with Crippen LogP contribution in [0.25, 0.3) is 6.08 Å². The predicted molar refractivity (Wildman–Crippen MR) is 103 cm³/mol. The highest BCUT2D eigenvalue weighted by molar-refractivity contribution is 14.1. The second-order valence-electron chi connectivity index (χ2n) is 5.13. The quantitative estimate of drug-likeness (QED) is 0.294. The van der Waals surface area contributed by atoms with E-state index >= 15 is 0 Å². The van der Waals surface area contributed by atoms with Crippen molar-refractivity contribution >= 4 is 58.1 Å². The Morgan fingerprint density at radius 2 is 2.08 bits per heavy atom. The number of rotatable bonds is 3. The van der Waals surface area contributed by atoms with Crippen LogP contribution in [0.2, 0.25) is 5.02 Å². The van der Waals surface area contributed by atoms with Gasteiger partial charge in [-0.25, -0.2) is 9.79 Å². The number of aliphatic imine (C=N–C) groups is 1. The van der Waals surface area contributed by atoms with Gasteiger partial charge in [0.1, 0.15) is 5.75 Å². The lowest BCUT2D eigenvalue weighted by atomic mass is 10.2. The van der Waals surface area contributed by atoms with Gasteiger partial charge in [0.15, 0.2) is 5.70 Å². The first-order valence-electron chi connectivity index (χ1n) is 7.19. The van der Waals surface area contributed by atoms with Crippen LogP contribution in [0.4, 0.5) is 0 Å². The summed E-state index contributed by atoms with van der Waals surface area (Å²) < 4.78 is 11.2. The van der Waals surface area contributed by atoms with Crippen molar-refractivity contribution in [1.29, 1.82) is 0 Å². The van der Waals surface area contributed by atoms with E-state index in [2.05, 4.69) is 27.6 Å². The zero-order valence-corrected chi connectivity index (χ0v) is 15.9. The minimum absolute atomic E-state index is 0.143. The Morgan fingerprint density at radius 1 is 1.28 bits per heavy atom. The number of carbonyl (C=O) groups is 2. The summed E-state index contributed by atoms with van der Waals surface area (Å²) in [5.41, 5.74) is 1.35. The Balaban J connectivity index is 1.93. The van der Waals surface area contributed by atoms with Crippen LogP contribution in [0, 0.1) is 3.57 Å². The highest BCUT2D eigenvalue weighted by Crippen LogP contribution is 2.26. The molecule has 0 saturated carbocycles. The van der Waals surface area contributed by atoms with E-state index in [1.165, 1.54) is 6.92 Å². The topological polar surface area (TPSA) is 65.0 Å². The van der Waals surface area contributed by atoms with Gasteiger partial charge in [-0.3, -0.25) is 4.79 Å². The summed E-state index contributed by atoms with van der Waals surface area (Å²) in [5, 5.41) is 0.449. The van der Waals surface area contributed by atoms with Crippen LogP contribution in [-0.2, 0) is 14.3 Å². The van der Waals surface area contributed by atoms with Gasteiger partial charge in [0.05, 0.1) is 10.6 Å². The fraction of sp³-hybridized carbons (Fsp3) is 0.0556. The molecule has 1 aliphatic rings. The van der Waals surface area contributed by atoms with Gasteiger partial charge in [-0.2, -0.15) is 0 Å². The van der Waals surface area contributed by atoms with Crippen LogP contribution in [-0.4, -0.2) is 17.8 Å². The van der Waals surface area contributed by atoms with E-state index in [1.807, 2.05) is 6.07 Å². The number of ether oxygens (including phenoxy) is 2. The van der Waals surface area contributed by atoms with Gasteiger partial charge in [0.2, 0.25) is 5.90 Å².